The standard InChI is InChI=1S/C15H13N5/c1-20(14-6-2-12(3-7-14)18-10-16)15-8-4-13(5-9-15)19-11-17/h2-9,18-19H,1H3. The van der Waals surface area contributed by atoms with E-state index in [-0.39, 0.29) is 0 Å². The minimum Gasteiger partial charge on any atom is -0.345 e. The predicted molar refractivity (Wildman–Crippen MR) is 79.4 cm³/mol. The van der Waals surface area contributed by atoms with Gasteiger partial charge >= 0.3 is 0 Å². The Morgan fingerprint density at radius 3 is 1.40 bits per heavy atom. The maximum Gasteiger partial charge on any atom is 0.181 e. The fraction of sp³-hybridized carbons (Fsp3) is 0.0667. The Morgan fingerprint density at radius 2 is 1.10 bits per heavy atom. The van der Waals surface area contributed by atoms with Crippen LogP contribution in [-0.4, -0.2) is 7.05 Å². The number of nitrogens with zero attached hydrogens (tertiary/aromatic N) is 3. The van der Waals surface area contributed by atoms with Crippen molar-refractivity contribution in [3.8, 4) is 12.4 Å². The summed E-state index contributed by atoms with van der Waals surface area (Å²) in [4.78, 5) is 2.02. The van der Waals surface area contributed by atoms with Crippen molar-refractivity contribution < 1.29 is 0 Å². The summed E-state index contributed by atoms with van der Waals surface area (Å²) in [5, 5.41) is 22.3. The molecule has 0 saturated heterocycles. The molecule has 0 amide bonds. The molecule has 2 rings (SSSR count). The molecule has 5 nitrogen and oxygen atoms in total. The highest BCUT2D eigenvalue weighted by Crippen LogP contribution is 2.25. The van der Waals surface area contributed by atoms with Crippen LogP contribution < -0.4 is 15.5 Å². The normalized spacial score (nSPS) is 9.15. The number of hydrogen-bond acceptors (Lipinski definition) is 5. The van der Waals surface area contributed by atoms with E-state index in [1.807, 2.05) is 72.9 Å². The lowest BCUT2D eigenvalue weighted by Crippen LogP contribution is -2.09. The van der Waals surface area contributed by atoms with Gasteiger partial charge < -0.3 is 4.90 Å². The van der Waals surface area contributed by atoms with E-state index in [0.29, 0.717) is 0 Å². The summed E-state index contributed by atoms with van der Waals surface area (Å²) in [7, 11) is 1.96. The van der Waals surface area contributed by atoms with Crippen molar-refractivity contribution in [3.05, 3.63) is 48.5 Å². The second kappa shape index (κ2) is 6.12. The molecule has 0 aliphatic heterocycles. The monoisotopic (exact) mass is 263 g/mol. The van der Waals surface area contributed by atoms with Gasteiger partial charge in [-0.05, 0) is 48.5 Å². The molecule has 0 atom stereocenters. The van der Waals surface area contributed by atoms with Gasteiger partial charge in [-0.2, -0.15) is 10.5 Å². The van der Waals surface area contributed by atoms with Crippen LogP contribution in [0.3, 0.4) is 0 Å². The molecule has 0 aliphatic rings. The lowest BCUT2D eigenvalue weighted by molar-refractivity contribution is 1.21. The summed E-state index contributed by atoms with van der Waals surface area (Å²) < 4.78 is 0. The first-order valence-corrected chi connectivity index (χ1v) is 5.98. The van der Waals surface area contributed by atoms with E-state index in [4.69, 9.17) is 10.5 Å². The number of benzene rings is 2. The van der Waals surface area contributed by atoms with E-state index in [9.17, 15) is 0 Å². The second-order valence-corrected chi connectivity index (χ2v) is 4.13. The molecule has 0 aromatic heterocycles. The molecule has 20 heavy (non-hydrogen) atoms. The Kier molecular flexibility index (Phi) is 4.06. The predicted octanol–water partition coefficient (Wildman–Crippen LogP) is 3.24. The van der Waals surface area contributed by atoms with E-state index in [1.165, 1.54) is 0 Å². The highest BCUT2D eigenvalue weighted by Gasteiger charge is 2.04. The van der Waals surface area contributed by atoms with Gasteiger partial charge in [0, 0.05) is 29.8 Å². The van der Waals surface area contributed by atoms with Crippen LogP contribution in [0.15, 0.2) is 48.5 Å². The van der Waals surface area contributed by atoms with Crippen LogP contribution in [0.5, 0.6) is 0 Å². The van der Waals surface area contributed by atoms with Crippen molar-refractivity contribution in [1.29, 1.82) is 10.5 Å². The minimum atomic E-state index is 0.762. The SMILES string of the molecule is CN(c1ccc(NC#N)cc1)c1ccc(NC#N)cc1. The molecular formula is C15H13N5. The van der Waals surface area contributed by atoms with E-state index in [0.717, 1.165) is 22.7 Å². The Hall–Kier alpha value is -3.18. The van der Waals surface area contributed by atoms with Gasteiger partial charge in [-0.3, -0.25) is 10.6 Å². The van der Waals surface area contributed by atoms with E-state index in [2.05, 4.69) is 10.6 Å². The van der Waals surface area contributed by atoms with Crippen LogP contribution in [0, 0.1) is 22.9 Å². The Morgan fingerprint density at radius 1 is 0.750 bits per heavy atom. The molecule has 2 aromatic rings. The van der Waals surface area contributed by atoms with Crippen LogP contribution >= 0.6 is 0 Å². The third kappa shape index (κ3) is 2.98. The van der Waals surface area contributed by atoms with Gasteiger partial charge in [0.05, 0.1) is 0 Å². The molecule has 0 heterocycles. The summed E-state index contributed by atoms with van der Waals surface area (Å²) in [5.74, 6) is 0. The van der Waals surface area contributed by atoms with Crippen molar-refractivity contribution in [2.45, 2.75) is 0 Å². The topological polar surface area (TPSA) is 74.9 Å². The average molecular weight is 263 g/mol. The quantitative estimate of drug-likeness (QED) is 0.654. The van der Waals surface area contributed by atoms with Gasteiger partial charge in [0.1, 0.15) is 0 Å². The largest absolute Gasteiger partial charge is 0.345 e. The Bertz CT molecular complexity index is 587. The molecular weight excluding hydrogens is 250 g/mol. The van der Waals surface area contributed by atoms with E-state index >= 15 is 0 Å². The van der Waals surface area contributed by atoms with Gasteiger partial charge in [-0.25, -0.2) is 0 Å². The van der Waals surface area contributed by atoms with Crippen molar-refractivity contribution in [1.82, 2.24) is 0 Å². The lowest BCUT2D eigenvalue weighted by Gasteiger charge is -2.20. The van der Waals surface area contributed by atoms with Crippen LogP contribution in [0.25, 0.3) is 0 Å². The molecule has 0 saturated carbocycles. The van der Waals surface area contributed by atoms with Crippen molar-refractivity contribution in [3.63, 3.8) is 0 Å². The van der Waals surface area contributed by atoms with Gasteiger partial charge in [0.2, 0.25) is 0 Å². The maximum atomic E-state index is 8.55. The van der Waals surface area contributed by atoms with Gasteiger partial charge in [-0.15, -0.1) is 0 Å². The minimum absolute atomic E-state index is 0.762. The second-order valence-electron chi connectivity index (χ2n) is 4.13. The fourth-order valence-corrected chi connectivity index (χ4v) is 1.81. The highest BCUT2D eigenvalue weighted by atomic mass is 15.1. The summed E-state index contributed by atoms with van der Waals surface area (Å²) in [5.41, 5.74) is 3.54. The van der Waals surface area contributed by atoms with Crippen molar-refractivity contribution in [2.24, 2.45) is 0 Å². The summed E-state index contributed by atoms with van der Waals surface area (Å²) in [6.07, 6.45) is 3.77. The van der Waals surface area contributed by atoms with Gasteiger partial charge in [0.25, 0.3) is 0 Å². The van der Waals surface area contributed by atoms with Crippen LogP contribution in [0.1, 0.15) is 0 Å². The number of nitriles is 2. The molecule has 0 unspecified atom stereocenters. The van der Waals surface area contributed by atoms with Gasteiger partial charge in [-0.1, -0.05) is 0 Å². The first kappa shape index (κ1) is 13.3. The van der Waals surface area contributed by atoms with Crippen molar-refractivity contribution >= 4 is 22.7 Å². The summed E-state index contributed by atoms with van der Waals surface area (Å²) in [6.45, 7) is 0. The zero-order chi connectivity index (χ0) is 14.4. The summed E-state index contributed by atoms with van der Waals surface area (Å²) in [6, 6.07) is 15.1. The third-order valence-corrected chi connectivity index (χ3v) is 2.91. The van der Waals surface area contributed by atoms with Crippen LogP contribution in [-0.2, 0) is 0 Å². The van der Waals surface area contributed by atoms with Crippen LogP contribution in [0.4, 0.5) is 22.7 Å². The Balaban J connectivity index is 2.16. The fourth-order valence-electron chi connectivity index (χ4n) is 1.81. The smallest absolute Gasteiger partial charge is 0.181 e. The number of anilines is 4. The third-order valence-electron chi connectivity index (χ3n) is 2.91. The molecule has 0 bridgehead atoms. The molecule has 0 aliphatic carbocycles. The Labute approximate surface area is 117 Å². The summed E-state index contributed by atoms with van der Waals surface area (Å²) >= 11 is 0. The van der Waals surface area contributed by atoms with Crippen molar-refractivity contribution in [2.75, 3.05) is 22.6 Å². The zero-order valence-electron chi connectivity index (χ0n) is 11.0. The maximum absolute atomic E-state index is 8.55. The molecule has 2 aromatic carbocycles. The number of nitrogens with one attached hydrogen (secondary N) is 2. The molecule has 0 radical (unpaired) electrons. The number of hydrogen-bond donors (Lipinski definition) is 2. The van der Waals surface area contributed by atoms with Gasteiger partial charge in [0.15, 0.2) is 12.4 Å². The molecule has 0 spiro atoms. The molecule has 2 N–H and O–H groups in total. The molecule has 5 heteroatoms. The number of rotatable bonds is 4. The molecule has 98 valence electrons. The lowest BCUT2D eigenvalue weighted by atomic mass is 10.2. The highest BCUT2D eigenvalue weighted by molar-refractivity contribution is 5.67. The van der Waals surface area contributed by atoms with E-state index in [1.54, 1.807) is 0 Å². The first-order valence-electron chi connectivity index (χ1n) is 5.98. The average Bonchev–Trinajstić information content (AvgIpc) is 2.49. The molecule has 0 fully saturated rings. The first-order chi connectivity index (χ1) is 9.74. The zero-order valence-corrected chi connectivity index (χ0v) is 11.0. The van der Waals surface area contributed by atoms with Crippen LogP contribution in [0.2, 0.25) is 0 Å². The van der Waals surface area contributed by atoms with E-state index < -0.39 is 0 Å².